The molecule has 3 aromatic rings. The Morgan fingerprint density at radius 3 is 1.52 bits per heavy atom. The van der Waals surface area contributed by atoms with Crippen LogP contribution < -0.4 is 9.47 Å². The van der Waals surface area contributed by atoms with Crippen LogP contribution >= 0.6 is 0 Å². The minimum atomic E-state index is 0.832. The molecule has 0 atom stereocenters. The molecule has 0 heterocycles. The van der Waals surface area contributed by atoms with Gasteiger partial charge in [0, 0.05) is 0 Å². The van der Waals surface area contributed by atoms with Crippen LogP contribution in [0.3, 0.4) is 0 Å². The molecule has 0 radical (unpaired) electrons. The highest BCUT2D eigenvalue weighted by Crippen LogP contribution is 2.26. The highest BCUT2D eigenvalue weighted by Gasteiger charge is 2.00. The number of para-hydroxylation sites is 1. The van der Waals surface area contributed by atoms with E-state index in [0.29, 0.717) is 0 Å². The zero-order valence-electron chi connectivity index (χ0n) is 11.8. The van der Waals surface area contributed by atoms with E-state index in [1.807, 2.05) is 66.7 Å². The van der Waals surface area contributed by atoms with Crippen LogP contribution in [0.15, 0.2) is 78.9 Å². The van der Waals surface area contributed by atoms with Crippen LogP contribution in [0.5, 0.6) is 17.2 Å². The van der Waals surface area contributed by atoms with Crippen molar-refractivity contribution in [3.05, 3.63) is 78.9 Å². The van der Waals surface area contributed by atoms with Gasteiger partial charge in [0.1, 0.15) is 17.2 Å². The molecule has 0 saturated carbocycles. The van der Waals surface area contributed by atoms with Gasteiger partial charge in [0.05, 0.1) is 7.11 Å². The van der Waals surface area contributed by atoms with Gasteiger partial charge >= 0.3 is 0 Å². The lowest BCUT2D eigenvalue weighted by atomic mass is 10.1. The predicted octanol–water partition coefficient (Wildman–Crippen LogP) is 5.15. The highest BCUT2D eigenvalue weighted by molar-refractivity contribution is 5.65. The Hall–Kier alpha value is -2.74. The van der Waals surface area contributed by atoms with E-state index in [1.54, 1.807) is 7.11 Å². The van der Waals surface area contributed by atoms with Crippen molar-refractivity contribution in [3.8, 4) is 28.4 Å². The third-order valence-electron chi connectivity index (χ3n) is 3.26. The Bertz CT molecular complexity index is 686. The third-order valence-corrected chi connectivity index (χ3v) is 3.26. The maximum Gasteiger partial charge on any atom is 0.127 e. The lowest BCUT2D eigenvalue weighted by Crippen LogP contribution is -1.85. The molecule has 0 N–H and O–H groups in total. The van der Waals surface area contributed by atoms with Gasteiger partial charge in [-0.3, -0.25) is 0 Å². The quantitative estimate of drug-likeness (QED) is 0.655. The van der Waals surface area contributed by atoms with Crippen molar-refractivity contribution >= 4 is 0 Å². The van der Waals surface area contributed by atoms with Crippen LogP contribution in [0, 0.1) is 0 Å². The van der Waals surface area contributed by atoms with Gasteiger partial charge in [-0.25, -0.2) is 0 Å². The fourth-order valence-electron chi connectivity index (χ4n) is 2.12. The Balaban J connectivity index is 1.77. The maximum absolute atomic E-state index is 5.79. The first kappa shape index (κ1) is 13.3. The van der Waals surface area contributed by atoms with Crippen LogP contribution in [0.1, 0.15) is 0 Å². The van der Waals surface area contributed by atoms with Gasteiger partial charge in [0.25, 0.3) is 0 Å². The van der Waals surface area contributed by atoms with Gasteiger partial charge in [-0.05, 0) is 47.5 Å². The molecule has 0 aromatic heterocycles. The average molecular weight is 276 g/mol. The van der Waals surface area contributed by atoms with E-state index in [2.05, 4.69) is 12.1 Å². The van der Waals surface area contributed by atoms with Crippen molar-refractivity contribution in [1.29, 1.82) is 0 Å². The number of benzene rings is 3. The molecule has 3 aromatic carbocycles. The predicted molar refractivity (Wildman–Crippen MR) is 84.9 cm³/mol. The zero-order valence-corrected chi connectivity index (χ0v) is 11.8. The van der Waals surface area contributed by atoms with E-state index >= 15 is 0 Å². The summed E-state index contributed by atoms with van der Waals surface area (Å²) < 4.78 is 11.0. The van der Waals surface area contributed by atoms with Crippen molar-refractivity contribution in [2.24, 2.45) is 0 Å². The first-order chi connectivity index (χ1) is 10.3. The summed E-state index contributed by atoms with van der Waals surface area (Å²) in [4.78, 5) is 0. The van der Waals surface area contributed by atoms with E-state index in [1.165, 1.54) is 0 Å². The van der Waals surface area contributed by atoms with Gasteiger partial charge in [-0.15, -0.1) is 0 Å². The fourth-order valence-corrected chi connectivity index (χ4v) is 2.12. The van der Waals surface area contributed by atoms with E-state index < -0.39 is 0 Å². The van der Waals surface area contributed by atoms with Crippen molar-refractivity contribution < 1.29 is 9.47 Å². The Kier molecular flexibility index (Phi) is 3.88. The van der Waals surface area contributed by atoms with E-state index in [4.69, 9.17) is 9.47 Å². The standard InChI is InChI=1S/C19H16O2/c1-20-17-11-7-15(8-12-17)16-9-13-19(14-10-16)21-18-5-3-2-4-6-18/h2-14H,1H3. The molecule has 0 saturated heterocycles. The van der Waals surface area contributed by atoms with Crippen molar-refractivity contribution in [3.63, 3.8) is 0 Å². The van der Waals surface area contributed by atoms with Crippen LogP contribution in [-0.2, 0) is 0 Å². The molecule has 21 heavy (non-hydrogen) atoms. The highest BCUT2D eigenvalue weighted by atomic mass is 16.5. The molecular formula is C19H16O2. The second-order valence-corrected chi connectivity index (χ2v) is 4.67. The number of ether oxygens (including phenoxy) is 2. The van der Waals surface area contributed by atoms with E-state index in [9.17, 15) is 0 Å². The summed E-state index contributed by atoms with van der Waals surface area (Å²) in [5.74, 6) is 2.54. The molecule has 2 nitrogen and oxygen atoms in total. The molecule has 3 rings (SSSR count). The Morgan fingerprint density at radius 2 is 1.00 bits per heavy atom. The first-order valence-electron chi connectivity index (χ1n) is 6.82. The van der Waals surface area contributed by atoms with Gasteiger partial charge in [0.2, 0.25) is 0 Å². The van der Waals surface area contributed by atoms with Gasteiger partial charge in [-0.2, -0.15) is 0 Å². The minimum Gasteiger partial charge on any atom is -0.497 e. The molecule has 104 valence electrons. The van der Waals surface area contributed by atoms with Crippen LogP contribution in [-0.4, -0.2) is 7.11 Å². The molecular weight excluding hydrogens is 260 g/mol. The Morgan fingerprint density at radius 1 is 0.524 bits per heavy atom. The molecule has 0 amide bonds. The normalized spacial score (nSPS) is 10.1. The summed E-state index contributed by atoms with van der Waals surface area (Å²) in [5, 5.41) is 0. The van der Waals surface area contributed by atoms with Crippen molar-refractivity contribution in [1.82, 2.24) is 0 Å². The monoisotopic (exact) mass is 276 g/mol. The maximum atomic E-state index is 5.79. The molecule has 0 aliphatic heterocycles. The zero-order chi connectivity index (χ0) is 14.5. The summed E-state index contributed by atoms with van der Waals surface area (Å²) in [6.45, 7) is 0. The lowest BCUT2D eigenvalue weighted by Gasteiger charge is -2.07. The minimum absolute atomic E-state index is 0.832. The van der Waals surface area contributed by atoms with Gasteiger partial charge < -0.3 is 9.47 Å². The Labute approximate surface area is 124 Å². The molecule has 0 unspecified atom stereocenters. The summed E-state index contributed by atoms with van der Waals surface area (Å²) in [5.41, 5.74) is 2.31. The van der Waals surface area contributed by atoms with Gasteiger partial charge in [-0.1, -0.05) is 42.5 Å². The number of hydrogen-bond donors (Lipinski definition) is 0. The summed E-state index contributed by atoms with van der Waals surface area (Å²) in [6, 6.07) is 25.9. The molecule has 2 heteroatoms. The molecule has 0 bridgehead atoms. The summed E-state index contributed by atoms with van der Waals surface area (Å²) in [7, 11) is 1.67. The number of methoxy groups -OCH3 is 1. The number of hydrogen-bond acceptors (Lipinski definition) is 2. The van der Waals surface area contributed by atoms with E-state index in [0.717, 1.165) is 28.4 Å². The second kappa shape index (κ2) is 6.14. The topological polar surface area (TPSA) is 18.5 Å². The smallest absolute Gasteiger partial charge is 0.127 e. The largest absolute Gasteiger partial charge is 0.497 e. The molecule has 0 aliphatic carbocycles. The molecule has 0 fully saturated rings. The van der Waals surface area contributed by atoms with Crippen LogP contribution in [0.2, 0.25) is 0 Å². The summed E-state index contributed by atoms with van der Waals surface area (Å²) >= 11 is 0. The number of rotatable bonds is 4. The molecule has 0 spiro atoms. The van der Waals surface area contributed by atoms with Crippen molar-refractivity contribution in [2.45, 2.75) is 0 Å². The lowest BCUT2D eigenvalue weighted by molar-refractivity contribution is 0.415. The van der Waals surface area contributed by atoms with Gasteiger partial charge in [0.15, 0.2) is 0 Å². The van der Waals surface area contributed by atoms with Crippen LogP contribution in [0.25, 0.3) is 11.1 Å². The summed E-state index contributed by atoms with van der Waals surface area (Å²) in [6.07, 6.45) is 0. The first-order valence-corrected chi connectivity index (χ1v) is 6.82. The van der Waals surface area contributed by atoms with Crippen molar-refractivity contribution in [2.75, 3.05) is 7.11 Å². The SMILES string of the molecule is COc1ccc(-c2ccc(Oc3ccccc3)cc2)cc1. The van der Waals surface area contributed by atoms with E-state index in [-0.39, 0.29) is 0 Å². The second-order valence-electron chi connectivity index (χ2n) is 4.67. The van der Waals surface area contributed by atoms with Crippen LogP contribution in [0.4, 0.5) is 0 Å². The fraction of sp³-hybridized carbons (Fsp3) is 0.0526. The molecule has 0 aliphatic rings. The average Bonchev–Trinajstić information content (AvgIpc) is 2.57. The third kappa shape index (κ3) is 3.23.